The summed E-state index contributed by atoms with van der Waals surface area (Å²) in [5.74, 6) is -1.14. The molecule has 160 valence electrons. The molecule has 0 radical (unpaired) electrons. The number of benzene rings is 1. The Kier molecular flexibility index (Phi) is 5.37. The Hall–Kier alpha value is -2.58. The van der Waals surface area contributed by atoms with Crippen LogP contribution in [0.1, 0.15) is 30.5 Å². The minimum atomic E-state index is -4.79. The zero-order valence-corrected chi connectivity index (χ0v) is 17.8. The molecular weight excluding hydrogens is 441 g/mol. The Bertz CT molecular complexity index is 1150. The SMILES string of the molecule is Cc1csc(S(=O)(=O)N2CC(C)(C)C(Oc3ccc(C#N)c(C(F)(F)F)c3)C2=O)c1. The van der Waals surface area contributed by atoms with Gasteiger partial charge < -0.3 is 4.74 Å². The lowest BCUT2D eigenvalue weighted by molar-refractivity contribution is -0.137. The van der Waals surface area contributed by atoms with E-state index in [2.05, 4.69) is 0 Å². The normalized spacial score (nSPS) is 19.0. The van der Waals surface area contributed by atoms with Gasteiger partial charge in [-0.3, -0.25) is 4.79 Å². The van der Waals surface area contributed by atoms with E-state index >= 15 is 0 Å². The first-order chi connectivity index (χ1) is 13.8. The monoisotopic (exact) mass is 458 g/mol. The van der Waals surface area contributed by atoms with E-state index in [4.69, 9.17) is 10.00 Å². The topological polar surface area (TPSA) is 87.5 Å². The summed E-state index contributed by atoms with van der Waals surface area (Å²) < 4.78 is 71.6. The summed E-state index contributed by atoms with van der Waals surface area (Å²) in [6.07, 6.45) is -6.10. The highest BCUT2D eigenvalue weighted by molar-refractivity contribution is 7.91. The highest BCUT2D eigenvalue weighted by Gasteiger charge is 2.53. The molecule has 6 nitrogen and oxygen atoms in total. The van der Waals surface area contributed by atoms with Crippen LogP contribution in [-0.4, -0.2) is 31.3 Å². The molecule has 0 N–H and O–H groups in total. The number of amides is 1. The van der Waals surface area contributed by atoms with Crippen molar-refractivity contribution in [3.05, 3.63) is 46.3 Å². The van der Waals surface area contributed by atoms with Gasteiger partial charge in [0, 0.05) is 12.0 Å². The van der Waals surface area contributed by atoms with Gasteiger partial charge in [-0.2, -0.15) is 18.4 Å². The Morgan fingerprint density at radius 1 is 1.30 bits per heavy atom. The minimum Gasteiger partial charge on any atom is -0.480 e. The number of nitriles is 1. The van der Waals surface area contributed by atoms with Crippen molar-refractivity contribution in [2.24, 2.45) is 5.41 Å². The fourth-order valence-electron chi connectivity index (χ4n) is 3.12. The number of alkyl halides is 3. The Morgan fingerprint density at radius 3 is 2.50 bits per heavy atom. The van der Waals surface area contributed by atoms with Gasteiger partial charge in [-0.15, -0.1) is 11.3 Å². The van der Waals surface area contributed by atoms with E-state index in [0.29, 0.717) is 10.4 Å². The number of carbonyl (C=O) groups is 1. The summed E-state index contributed by atoms with van der Waals surface area (Å²) >= 11 is 0.981. The maximum absolute atomic E-state index is 13.2. The van der Waals surface area contributed by atoms with Gasteiger partial charge in [0.15, 0.2) is 6.10 Å². The summed E-state index contributed by atoms with van der Waals surface area (Å²) in [7, 11) is -4.11. The predicted molar refractivity (Wildman–Crippen MR) is 102 cm³/mol. The van der Waals surface area contributed by atoms with Crippen LogP contribution in [0.2, 0.25) is 0 Å². The fourth-order valence-corrected chi connectivity index (χ4v) is 6.04. The van der Waals surface area contributed by atoms with Gasteiger partial charge in [-0.1, -0.05) is 13.8 Å². The van der Waals surface area contributed by atoms with Crippen molar-refractivity contribution >= 4 is 27.3 Å². The van der Waals surface area contributed by atoms with Crippen LogP contribution in [0, 0.1) is 23.7 Å². The maximum atomic E-state index is 13.2. The highest BCUT2D eigenvalue weighted by atomic mass is 32.2. The third-order valence-corrected chi connectivity index (χ3v) is 7.93. The molecule has 1 aromatic carbocycles. The lowest BCUT2D eigenvalue weighted by Gasteiger charge is -2.24. The number of nitrogens with zero attached hydrogens (tertiary/aromatic N) is 2. The van der Waals surface area contributed by atoms with Crippen LogP contribution in [0.5, 0.6) is 5.75 Å². The number of hydrogen-bond donors (Lipinski definition) is 0. The molecule has 0 bridgehead atoms. The number of sulfonamides is 1. The van der Waals surface area contributed by atoms with Crippen LogP contribution in [0.25, 0.3) is 0 Å². The van der Waals surface area contributed by atoms with Crippen LogP contribution in [0.3, 0.4) is 0 Å². The van der Waals surface area contributed by atoms with Crippen molar-refractivity contribution in [3.63, 3.8) is 0 Å². The second-order valence-electron chi connectivity index (χ2n) is 7.60. The lowest BCUT2D eigenvalue weighted by atomic mass is 9.89. The van der Waals surface area contributed by atoms with Crippen LogP contribution in [-0.2, 0) is 21.0 Å². The van der Waals surface area contributed by atoms with Gasteiger partial charge in [0.05, 0.1) is 17.2 Å². The van der Waals surface area contributed by atoms with Crippen LogP contribution in [0.15, 0.2) is 33.9 Å². The summed E-state index contributed by atoms with van der Waals surface area (Å²) in [6.45, 7) is 4.73. The molecule has 2 aromatic rings. The molecule has 3 rings (SSSR count). The van der Waals surface area contributed by atoms with E-state index in [0.717, 1.165) is 29.0 Å². The third-order valence-electron chi connectivity index (χ3n) is 4.65. The van der Waals surface area contributed by atoms with Crippen molar-refractivity contribution < 1.29 is 31.1 Å². The number of thiophene rings is 1. The molecule has 0 aliphatic carbocycles. The van der Waals surface area contributed by atoms with Gasteiger partial charge in [-0.25, -0.2) is 12.7 Å². The first-order valence-corrected chi connectivity index (χ1v) is 11.0. The van der Waals surface area contributed by atoms with Gasteiger partial charge in [-0.05, 0) is 42.1 Å². The fraction of sp³-hybridized carbons (Fsp3) is 0.368. The van der Waals surface area contributed by atoms with Crippen LogP contribution in [0.4, 0.5) is 13.2 Å². The molecule has 1 saturated heterocycles. The number of rotatable bonds is 4. The largest absolute Gasteiger partial charge is 0.480 e. The van der Waals surface area contributed by atoms with Gasteiger partial charge in [0.25, 0.3) is 15.9 Å². The quantitative estimate of drug-likeness (QED) is 0.692. The standard InChI is InChI=1S/C19H17F3N2O4S2/c1-11-6-15(29-9-11)30(26,27)24-10-18(2,3)16(17(24)25)28-13-5-4-12(8-23)14(7-13)19(20,21)22/h4-7,9,16H,10H2,1-3H3. The molecule has 1 amide bonds. The number of ether oxygens (including phenoxy) is 1. The summed E-state index contributed by atoms with van der Waals surface area (Å²) in [5, 5.41) is 10.5. The van der Waals surface area contributed by atoms with Crippen LogP contribution >= 0.6 is 11.3 Å². The predicted octanol–water partition coefficient (Wildman–Crippen LogP) is 3.95. The second kappa shape index (κ2) is 7.28. The van der Waals surface area contributed by atoms with Crippen molar-refractivity contribution in [1.29, 1.82) is 5.26 Å². The maximum Gasteiger partial charge on any atom is 0.417 e. The molecule has 1 atom stereocenters. The molecule has 30 heavy (non-hydrogen) atoms. The molecular formula is C19H17F3N2O4S2. The summed E-state index contributed by atoms with van der Waals surface area (Å²) in [6, 6.07) is 5.66. The van der Waals surface area contributed by atoms with E-state index in [1.165, 1.54) is 12.1 Å². The first-order valence-electron chi connectivity index (χ1n) is 8.67. The lowest BCUT2D eigenvalue weighted by Crippen LogP contribution is -2.38. The molecule has 0 saturated carbocycles. The van der Waals surface area contributed by atoms with Crippen LogP contribution < -0.4 is 4.74 Å². The summed E-state index contributed by atoms with van der Waals surface area (Å²) in [4.78, 5) is 12.9. The van der Waals surface area contributed by atoms with Gasteiger partial charge >= 0.3 is 6.18 Å². The molecule has 1 unspecified atom stereocenters. The Balaban J connectivity index is 1.94. The number of hydrogen-bond acceptors (Lipinski definition) is 6. The van der Waals surface area contributed by atoms with E-state index in [9.17, 15) is 26.4 Å². The van der Waals surface area contributed by atoms with Crippen molar-refractivity contribution in [3.8, 4) is 11.8 Å². The second-order valence-corrected chi connectivity index (χ2v) is 10.6. The van der Waals surface area contributed by atoms with Crippen molar-refractivity contribution in [2.45, 2.75) is 37.3 Å². The van der Waals surface area contributed by atoms with E-state index in [-0.39, 0.29) is 16.5 Å². The zero-order chi connectivity index (χ0) is 22.5. The minimum absolute atomic E-state index is 0.00234. The molecule has 1 aliphatic heterocycles. The molecule has 11 heteroatoms. The van der Waals surface area contributed by atoms with Gasteiger partial charge in [0.2, 0.25) is 0 Å². The number of carbonyl (C=O) groups excluding carboxylic acids is 1. The van der Waals surface area contributed by atoms with Gasteiger partial charge in [0.1, 0.15) is 9.96 Å². The Labute approximate surface area is 175 Å². The number of aryl methyl sites for hydroxylation is 1. The highest BCUT2D eigenvalue weighted by Crippen LogP contribution is 2.39. The zero-order valence-electron chi connectivity index (χ0n) is 16.1. The van der Waals surface area contributed by atoms with E-state index in [1.54, 1.807) is 26.2 Å². The number of halogens is 3. The smallest absolute Gasteiger partial charge is 0.417 e. The average Bonchev–Trinajstić information content (AvgIpc) is 3.18. The molecule has 1 fully saturated rings. The van der Waals surface area contributed by atoms with E-state index < -0.39 is 44.8 Å². The van der Waals surface area contributed by atoms with Crippen molar-refractivity contribution in [1.82, 2.24) is 4.31 Å². The molecule has 0 spiro atoms. The first kappa shape index (κ1) is 22.1. The average molecular weight is 458 g/mol. The molecule has 1 aromatic heterocycles. The van der Waals surface area contributed by atoms with Crippen molar-refractivity contribution in [2.75, 3.05) is 6.54 Å². The Morgan fingerprint density at radius 2 is 1.97 bits per heavy atom. The molecule has 1 aliphatic rings. The third kappa shape index (κ3) is 3.89. The summed E-state index contributed by atoms with van der Waals surface area (Å²) in [5.41, 5.74) is -2.04. The van der Waals surface area contributed by atoms with E-state index in [1.807, 2.05) is 0 Å². The molecule has 2 heterocycles.